The van der Waals surface area contributed by atoms with Crippen LogP contribution in [0, 0.1) is 0 Å². The number of rotatable bonds is 6. The average molecular weight is 312 g/mol. The Bertz CT molecular complexity index is 624. The third kappa shape index (κ3) is 4.42. The van der Waals surface area contributed by atoms with Crippen molar-refractivity contribution in [2.24, 2.45) is 0 Å². The highest BCUT2D eigenvalue weighted by atomic mass is 16.5. The van der Waals surface area contributed by atoms with E-state index in [2.05, 4.69) is 46.6 Å². The molecule has 1 aromatic heterocycles. The van der Waals surface area contributed by atoms with Gasteiger partial charge < -0.3 is 15.4 Å². The maximum atomic E-state index is 5.66. The minimum absolute atomic E-state index is 0.284. The van der Waals surface area contributed by atoms with E-state index >= 15 is 0 Å². The second-order valence-corrected chi connectivity index (χ2v) is 6.14. The molecule has 1 aromatic carbocycles. The molecular formula is C18H24N4O. The van der Waals surface area contributed by atoms with Gasteiger partial charge in [-0.15, -0.1) is 0 Å². The average Bonchev–Trinajstić information content (AvgIpc) is 3.06. The van der Waals surface area contributed by atoms with E-state index in [4.69, 9.17) is 4.74 Å². The third-order valence-electron chi connectivity index (χ3n) is 3.75. The molecule has 1 atom stereocenters. The monoisotopic (exact) mass is 312 g/mol. The van der Waals surface area contributed by atoms with Crippen LogP contribution >= 0.6 is 0 Å². The maximum Gasteiger partial charge on any atom is 0.225 e. The molecule has 122 valence electrons. The molecule has 1 unspecified atom stereocenters. The first kappa shape index (κ1) is 15.7. The fourth-order valence-electron chi connectivity index (χ4n) is 2.64. The first-order chi connectivity index (χ1) is 11.2. The van der Waals surface area contributed by atoms with Crippen LogP contribution in [0.3, 0.4) is 0 Å². The summed E-state index contributed by atoms with van der Waals surface area (Å²) in [6.45, 7) is 5.81. The van der Waals surface area contributed by atoms with Gasteiger partial charge in [-0.3, -0.25) is 0 Å². The Morgan fingerprint density at radius 2 is 2.04 bits per heavy atom. The molecule has 0 aliphatic carbocycles. The van der Waals surface area contributed by atoms with Crippen LogP contribution in [0.1, 0.15) is 26.7 Å². The molecule has 1 fully saturated rings. The van der Waals surface area contributed by atoms with Gasteiger partial charge in [0.1, 0.15) is 5.82 Å². The van der Waals surface area contributed by atoms with Crippen LogP contribution in [-0.4, -0.2) is 35.3 Å². The number of nitrogens with zero attached hydrogens (tertiary/aromatic N) is 2. The number of hydrogen-bond donors (Lipinski definition) is 2. The number of aromatic nitrogens is 2. The van der Waals surface area contributed by atoms with Crippen LogP contribution < -0.4 is 10.6 Å². The van der Waals surface area contributed by atoms with E-state index in [0.29, 0.717) is 5.95 Å². The van der Waals surface area contributed by atoms with E-state index in [9.17, 15) is 0 Å². The Labute approximate surface area is 137 Å². The van der Waals surface area contributed by atoms with Gasteiger partial charge in [0.15, 0.2) is 0 Å². The van der Waals surface area contributed by atoms with E-state index in [0.717, 1.165) is 43.1 Å². The van der Waals surface area contributed by atoms with Gasteiger partial charge in [-0.25, -0.2) is 4.98 Å². The molecule has 1 saturated heterocycles. The lowest BCUT2D eigenvalue weighted by Crippen LogP contribution is -2.20. The normalized spacial score (nSPS) is 17.4. The minimum Gasteiger partial charge on any atom is -0.376 e. The Hall–Kier alpha value is -2.14. The molecular weight excluding hydrogens is 288 g/mol. The van der Waals surface area contributed by atoms with Crippen molar-refractivity contribution in [3.63, 3.8) is 0 Å². The number of nitrogens with one attached hydrogen (secondary N) is 2. The van der Waals surface area contributed by atoms with Crippen LogP contribution in [0.25, 0.3) is 11.3 Å². The largest absolute Gasteiger partial charge is 0.376 e. The quantitative estimate of drug-likeness (QED) is 0.854. The summed E-state index contributed by atoms with van der Waals surface area (Å²) in [7, 11) is 0. The standard InChI is InChI=1S/C18H24N4O/c1-13(2)20-18-21-16(14-7-4-3-5-8-14)11-17(22-18)19-12-15-9-6-10-23-15/h3-5,7-8,11,13,15H,6,9-10,12H2,1-2H3,(H2,19,20,21,22). The van der Waals surface area contributed by atoms with Crippen LogP contribution in [-0.2, 0) is 4.74 Å². The Kier molecular flexibility index (Phi) is 5.08. The van der Waals surface area contributed by atoms with Crippen LogP contribution in [0.15, 0.2) is 36.4 Å². The van der Waals surface area contributed by atoms with Gasteiger partial charge in [0.05, 0.1) is 11.8 Å². The summed E-state index contributed by atoms with van der Waals surface area (Å²) in [4.78, 5) is 9.20. The van der Waals surface area contributed by atoms with Gasteiger partial charge in [0.2, 0.25) is 5.95 Å². The molecule has 1 aliphatic heterocycles. The first-order valence-corrected chi connectivity index (χ1v) is 8.27. The molecule has 5 nitrogen and oxygen atoms in total. The number of benzene rings is 1. The summed E-state index contributed by atoms with van der Waals surface area (Å²) >= 11 is 0. The third-order valence-corrected chi connectivity index (χ3v) is 3.75. The zero-order chi connectivity index (χ0) is 16.1. The molecule has 0 saturated carbocycles. The predicted octanol–water partition coefficient (Wildman–Crippen LogP) is 3.55. The van der Waals surface area contributed by atoms with Crippen molar-refractivity contribution in [2.45, 2.75) is 38.8 Å². The fourth-order valence-corrected chi connectivity index (χ4v) is 2.64. The van der Waals surface area contributed by atoms with Gasteiger partial charge in [0, 0.05) is 30.8 Å². The van der Waals surface area contributed by atoms with Gasteiger partial charge in [0.25, 0.3) is 0 Å². The summed E-state index contributed by atoms with van der Waals surface area (Å²) < 4.78 is 5.66. The van der Waals surface area contributed by atoms with Crippen LogP contribution in [0.5, 0.6) is 0 Å². The maximum absolute atomic E-state index is 5.66. The Balaban J connectivity index is 1.81. The number of anilines is 2. The molecule has 0 amide bonds. The van der Waals surface area contributed by atoms with Crippen molar-refractivity contribution < 1.29 is 4.74 Å². The second-order valence-electron chi connectivity index (χ2n) is 6.14. The van der Waals surface area contributed by atoms with Crippen molar-refractivity contribution in [2.75, 3.05) is 23.8 Å². The molecule has 2 N–H and O–H groups in total. The molecule has 2 heterocycles. The van der Waals surface area contributed by atoms with E-state index in [1.165, 1.54) is 0 Å². The number of ether oxygens (including phenoxy) is 1. The molecule has 1 aliphatic rings. The zero-order valence-corrected chi connectivity index (χ0v) is 13.7. The van der Waals surface area contributed by atoms with Gasteiger partial charge in [-0.05, 0) is 26.7 Å². The predicted molar refractivity (Wildman–Crippen MR) is 93.7 cm³/mol. The van der Waals surface area contributed by atoms with E-state index < -0.39 is 0 Å². The highest BCUT2D eigenvalue weighted by Gasteiger charge is 2.15. The zero-order valence-electron chi connectivity index (χ0n) is 13.7. The van der Waals surface area contributed by atoms with Gasteiger partial charge >= 0.3 is 0 Å². The van der Waals surface area contributed by atoms with Crippen molar-refractivity contribution in [1.82, 2.24) is 9.97 Å². The molecule has 2 aromatic rings. The molecule has 0 radical (unpaired) electrons. The minimum atomic E-state index is 0.284. The van der Waals surface area contributed by atoms with Crippen molar-refractivity contribution in [3.05, 3.63) is 36.4 Å². The molecule has 0 bridgehead atoms. The summed E-state index contributed by atoms with van der Waals surface area (Å²) in [6.07, 6.45) is 2.54. The summed E-state index contributed by atoms with van der Waals surface area (Å²) in [6, 6.07) is 12.5. The Morgan fingerprint density at radius 1 is 1.22 bits per heavy atom. The lowest BCUT2D eigenvalue weighted by atomic mass is 10.1. The topological polar surface area (TPSA) is 59.1 Å². The van der Waals surface area contributed by atoms with Crippen molar-refractivity contribution in [3.8, 4) is 11.3 Å². The summed E-state index contributed by atoms with van der Waals surface area (Å²) in [5.74, 6) is 1.48. The number of hydrogen-bond acceptors (Lipinski definition) is 5. The Morgan fingerprint density at radius 3 is 2.74 bits per heavy atom. The first-order valence-electron chi connectivity index (χ1n) is 8.27. The van der Waals surface area contributed by atoms with E-state index in [1.54, 1.807) is 0 Å². The lowest BCUT2D eigenvalue weighted by Gasteiger charge is -2.15. The molecule has 0 spiro atoms. The SMILES string of the molecule is CC(C)Nc1nc(NCC2CCCO2)cc(-c2ccccc2)n1. The van der Waals surface area contributed by atoms with Gasteiger partial charge in [-0.1, -0.05) is 30.3 Å². The fraction of sp³-hybridized carbons (Fsp3) is 0.444. The second kappa shape index (κ2) is 7.42. The van der Waals surface area contributed by atoms with E-state index in [-0.39, 0.29) is 12.1 Å². The van der Waals surface area contributed by atoms with Gasteiger partial charge in [-0.2, -0.15) is 4.98 Å². The summed E-state index contributed by atoms with van der Waals surface area (Å²) in [5, 5.41) is 6.68. The summed E-state index contributed by atoms with van der Waals surface area (Å²) in [5.41, 5.74) is 2.00. The highest BCUT2D eigenvalue weighted by Crippen LogP contribution is 2.22. The van der Waals surface area contributed by atoms with Crippen molar-refractivity contribution >= 4 is 11.8 Å². The molecule has 23 heavy (non-hydrogen) atoms. The van der Waals surface area contributed by atoms with Crippen LogP contribution in [0.4, 0.5) is 11.8 Å². The highest BCUT2D eigenvalue weighted by molar-refractivity contribution is 5.64. The van der Waals surface area contributed by atoms with E-state index in [1.807, 2.05) is 24.3 Å². The molecule has 5 heteroatoms. The lowest BCUT2D eigenvalue weighted by molar-refractivity contribution is 0.120. The van der Waals surface area contributed by atoms with Crippen molar-refractivity contribution in [1.29, 1.82) is 0 Å². The molecule has 3 rings (SSSR count). The smallest absolute Gasteiger partial charge is 0.225 e. The van der Waals surface area contributed by atoms with Crippen LogP contribution in [0.2, 0.25) is 0 Å².